The number of nitrogens with zero attached hydrogens (tertiary/aromatic N) is 1. The molecule has 1 aromatic rings. The highest BCUT2D eigenvalue weighted by atomic mass is 32.2. The van der Waals surface area contributed by atoms with Crippen molar-refractivity contribution in [1.82, 2.24) is 10.2 Å². The SMILES string of the molecule is CS(=O)(=O)CCOc1cccc(NC(=O)CCCN2C(=O)NC3(CCCC3)C2=O)c1. The monoisotopic (exact) mass is 437 g/mol. The maximum Gasteiger partial charge on any atom is 0.325 e. The molecule has 1 heterocycles. The molecule has 4 amide bonds. The number of anilines is 1. The molecule has 0 bridgehead atoms. The van der Waals surface area contributed by atoms with Gasteiger partial charge < -0.3 is 15.4 Å². The first-order chi connectivity index (χ1) is 14.2. The number of nitrogens with one attached hydrogen (secondary N) is 2. The third kappa shape index (κ3) is 5.50. The molecule has 0 aromatic heterocycles. The molecule has 1 aromatic carbocycles. The van der Waals surface area contributed by atoms with Crippen molar-refractivity contribution in [2.24, 2.45) is 0 Å². The van der Waals surface area contributed by atoms with Crippen LogP contribution in [0.4, 0.5) is 10.5 Å². The number of urea groups is 1. The van der Waals surface area contributed by atoms with Gasteiger partial charge in [0.1, 0.15) is 17.9 Å². The first-order valence-electron chi connectivity index (χ1n) is 10.0. The first kappa shape index (κ1) is 22.1. The van der Waals surface area contributed by atoms with E-state index in [1.54, 1.807) is 24.3 Å². The summed E-state index contributed by atoms with van der Waals surface area (Å²) in [6.45, 7) is 0.234. The van der Waals surface area contributed by atoms with E-state index in [1.165, 1.54) is 4.90 Å². The summed E-state index contributed by atoms with van der Waals surface area (Å²) in [4.78, 5) is 38.2. The molecule has 1 aliphatic heterocycles. The van der Waals surface area contributed by atoms with Crippen LogP contribution in [-0.4, -0.2) is 61.9 Å². The summed E-state index contributed by atoms with van der Waals surface area (Å²) >= 11 is 0. The minimum absolute atomic E-state index is 0.0314. The molecule has 1 saturated heterocycles. The molecule has 1 spiro atoms. The molecule has 164 valence electrons. The van der Waals surface area contributed by atoms with E-state index in [2.05, 4.69) is 10.6 Å². The molecule has 30 heavy (non-hydrogen) atoms. The first-order valence-corrected chi connectivity index (χ1v) is 12.1. The standard InChI is InChI=1S/C20H27N3O6S/c1-30(27,28)13-12-29-16-7-4-6-15(14-16)21-17(24)8-5-11-23-18(25)20(22-19(23)26)9-2-3-10-20/h4,6-7,14H,2-3,5,8-13H2,1H3,(H,21,24)(H,22,26). The summed E-state index contributed by atoms with van der Waals surface area (Å²) in [7, 11) is -3.11. The molecule has 9 nitrogen and oxygen atoms in total. The molecule has 2 aliphatic rings. The van der Waals surface area contributed by atoms with Crippen LogP contribution in [0.5, 0.6) is 5.75 Å². The zero-order chi connectivity index (χ0) is 21.8. The van der Waals surface area contributed by atoms with Crippen molar-refractivity contribution in [3.63, 3.8) is 0 Å². The summed E-state index contributed by atoms with van der Waals surface area (Å²) in [5, 5.41) is 5.57. The number of hydrogen-bond acceptors (Lipinski definition) is 6. The lowest BCUT2D eigenvalue weighted by molar-refractivity contribution is -0.131. The van der Waals surface area contributed by atoms with Crippen molar-refractivity contribution in [1.29, 1.82) is 0 Å². The van der Waals surface area contributed by atoms with Gasteiger partial charge >= 0.3 is 6.03 Å². The van der Waals surface area contributed by atoms with Crippen LogP contribution in [0.3, 0.4) is 0 Å². The van der Waals surface area contributed by atoms with Gasteiger partial charge in [-0.15, -0.1) is 0 Å². The Kier molecular flexibility index (Phi) is 6.64. The highest BCUT2D eigenvalue weighted by Crippen LogP contribution is 2.35. The van der Waals surface area contributed by atoms with E-state index in [0.717, 1.165) is 19.1 Å². The summed E-state index contributed by atoms with van der Waals surface area (Å²) in [5.41, 5.74) is -0.201. The van der Waals surface area contributed by atoms with Crippen LogP contribution in [0, 0.1) is 0 Å². The average molecular weight is 438 g/mol. The van der Waals surface area contributed by atoms with E-state index < -0.39 is 15.4 Å². The minimum atomic E-state index is -3.11. The molecule has 2 fully saturated rings. The summed E-state index contributed by atoms with van der Waals surface area (Å²) in [5.74, 6) is -0.0545. The van der Waals surface area contributed by atoms with Gasteiger partial charge in [-0.1, -0.05) is 18.9 Å². The third-order valence-corrected chi connectivity index (χ3v) is 6.24. The van der Waals surface area contributed by atoms with Crippen molar-refractivity contribution in [2.75, 3.05) is 30.5 Å². The van der Waals surface area contributed by atoms with Gasteiger partial charge in [-0.2, -0.15) is 0 Å². The molecule has 10 heteroatoms. The van der Waals surface area contributed by atoms with Gasteiger partial charge in [0, 0.05) is 31.0 Å². The maximum atomic E-state index is 12.6. The van der Waals surface area contributed by atoms with E-state index in [4.69, 9.17) is 4.74 Å². The summed E-state index contributed by atoms with van der Waals surface area (Å²) < 4.78 is 27.7. The second kappa shape index (κ2) is 9.03. The number of imide groups is 1. The molecular weight excluding hydrogens is 410 g/mol. The second-order valence-corrected chi connectivity index (χ2v) is 10.1. The predicted molar refractivity (Wildman–Crippen MR) is 111 cm³/mol. The number of rotatable bonds is 9. The van der Waals surface area contributed by atoms with Crippen molar-refractivity contribution in [2.45, 2.75) is 44.1 Å². The van der Waals surface area contributed by atoms with Crippen LogP contribution < -0.4 is 15.4 Å². The molecule has 1 saturated carbocycles. The Labute approximate surface area is 176 Å². The molecule has 0 unspecified atom stereocenters. The Morgan fingerprint density at radius 3 is 2.70 bits per heavy atom. The Morgan fingerprint density at radius 2 is 2.00 bits per heavy atom. The summed E-state index contributed by atoms with van der Waals surface area (Å²) in [6.07, 6.45) is 4.88. The van der Waals surface area contributed by atoms with E-state index >= 15 is 0 Å². The number of benzene rings is 1. The number of sulfone groups is 1. The van der Waals surface area contributed by atoms with Gasteiger partial charge in [0.15, 0.2) is 9.84 Å². The van der Waals surface area contributed by atoms with Gasteiger partial charge in [-0.3, -0.25) is 14.5 Å². The zero-order valence-corrected chi connectivity index (χ0v) is 17.8. The molecular formula is C20H27N3O6S. The van der Waals surface area contributed by atoms with E-state index in [1.807, 2.05) is 0 Å². The van der Waals surface area contributed by atoms with Gasteiger partial charge in [0.2, 0.25) is 5.91 Å². The summed E-state index contributed by atoms with van der Waals surface area (Å²) in [6, 6.07) is 6.30. The maximum absolute atomic E-state index is 12.6. The Bertz CT molecular complexity index is 924. The van der Waals surface area contributed by atoms with Crippen LogP contribution in [0.15, 0.2) is 24.3 Å². The van der Waals surface area contributed by atoms with Crippen LogP contribution in [-0.2, 0) is 19.4 Å². The number of carbonyl (C=O) groups is 3. The largest absolute Gasteiger partial charge is 0.492 e. The Balaban J connectivity index is 1.44. The van der Waals surface area contributed by atoms with Gasteiger partial charge in [-0.25, -0.2) is 13.2 Å². The van der Waals surface area contributed by atoms with Crippen LogP contribution >= 0.6 is 0 Å². The van der Waals surface area contributed by atoms with Crippen LogP contribution in [0.25, 0.3) is 0 Å². The lowest BCUT2D eigenvalue weighted by Crippen LogP contribution is -2.44. The Morgan fingerprint density at radius 1 is 1.27 bits per heavy atom. The lowest BCUT2D eigenvalue weighted by Gasteiger charge is -2.19. The number of ether oxygens (including phenoxy) is 1. The molecule has 0 atom stereocenters. The quantitative estimate of drug-likeness (QED) is 0.567. The highest BCUT2D eigenvalue weighted by Gasteiger charge is 2.51. The smallest absolute Gasteiger partial charge is 0.325 e. The number of carbonyl (C=O) groups excluding carboxylic acids is 3. The van der Waals surface area contributed by atoms with E-state index in [-0.39, 0.29) is 43.2 Å². The van der Waals surface area contributed by atoms with E-state index in [0.29, 0.717) is 30.7 Å². The third-order valence-electron chi connectivity index (χ3n) is 5.33. The van der Waals surface area contributed by atoms with Crippen molar-refractivity contribution in [3.8, 4) is 5.75 Å². The van der Waals surface area contributed by atoms with Crippen LogP contribution in [0.2, 0.25) is 0 Å². The fraction of sp³-hybridized carbons (Fsp3) is 0.550. The molecule has 2 N–H and O–H groups in total. The zero-order valence-electron chi connectivity index (χ0n) is 17.0. The van der Waals surface area contributed by atoms with Crippen LogP contribution in [0.1, 0.15) is 38.5 Å². The normalized spacial score (nSPS) is 18.0. The molecule has 1 aliphatic carbocycles. The fourth-order valence-corrected chi connectivity index (χ4v) is 4.18. The Hall–Kier alpha value is -2.62. The van der Waals surface area contributed by atoms with E-state index in [9.17, 15) is 22.8 Å². The molecule has 3 rings (SSSR count). The lowest BCUT2D eigenvalue weighted by atomic mass is 9.98. The highest BCUT2D eigenvalue weighted by molar-refractivity contribution is 7.90. The van der Waals surface area contributed by atoms with Crippen molar-refractivity contribution < 1.29 is 27.5 Å². The average Bonchev–Trinajstić information content (AvgIpc) is 3.21. The van der Waals surface area contributed by atoms with Gasteiger partial charge in [0.05, 0.1) is 5.75 Å². The van der Waals surface area contributed by atoms with Crippen molar-refractivity contribution in [3.05, 3.63) is 24.3 Å². The number of amides is 4. The van der Waals surface area contributed by atoms with Crippen molar-refractivity contribution >= 4 is 33.4 Å². The molecule has 0 radical (unpaired) electrons. The predicted octanol–water partition coefficient (Wildman–Crippen LogP) is 1.69. The van der Waals surface area contributed by atoms with Gasteiger partial charge in [0.25, 0.3) is 5.91 Å². The number of hydrogen-bond donors (Lipinski definition) is 2. The van der Waals surface area contributed by atoms with Gasteiger partial charge in [-0.05, 0) is 31.4 Å². The second-order valence-electron chi connectivity index (χ2n) is 7.83. The topological polar surface area (TPSA) is 122 Å². The minimum Gasteiger partial charge on any atom is -0.492 e. The fourth-order valence-electron chi connectivity index (χ4n) is 3.79.